The summed E-state index contributed by atoms with van der Waals surface area (Å²) in [5.74, 6) is 0.0973. The molecule has 0 fully saturated rings. The number of para-hydroxylation sites is 1. The first-order valence-corrected chi connectivity index (χ1v) is 11.2. The molecule has 0 spiro atoms. The highest BCUT2D eigenvalue weighted by Crippen LogP contribution is 2.28. The number of hydrazone groups is 1. The molecule has 7 nitrogen and oxygen atoms in total. The van der Waals surface area contributed by atoms with Crippen LogP contribution in [0.15, 0.2) is 83.3 Å². The van der Waals surface area contributed by atoms with E-state index in [-0.39, 0.29) is 11.7 Å². The Kier molecular flexibility index (Phi) is 6.96. The molecule has 1 amide bonds. The Morgan fingerprint density at radius 2 is 1.91 bits per heavy atom. The van der Waals surface area contributed by atoms with Gasteiger partial charge in [-0.1, -0.05) is 30.3 Å². The molecule has 0 saturated heterocycles. The first-order chi connectivity index (χ1) is 16.1. The number of carbonyl (C=O) groups is 1. The predicted octanol–water partition coefficient (Wildman–Crippen LogP) is 5.42. The molecule has 4 aromatic rings. The summed E-state index contributed by atoms with van der Waals surface area (Å²) < 4.78 is 5.35. The molecule has 4 rings (SSSR count). The number of nitrogens with zero attached hydrogens (tertiary/aromatic N) is 2. The zero-order valence-corrected chi connectivity index (χ0v) is 18.7. The fourth-order valence-corrected chi connectivity index (χ4v) is 3.75. The fourth-order valence-electron chi connectivity index (χ4n) is 3.01. The summed E-state index contributed by atoms with van der Waals surface area (Å²) in [6, 6.07) is 21.9. The minimum absolute atomic E-state index is 0.0567. The molecule has 0 aliphatic rings. The van der Waals surface area contributed by atoms with Gasteiger partial charge in [-0.25, -0.2) is 10.4 Å². The van der Waals surface area contributed by atoms with Crippen molar-refractivity contribution in [2.75, 3.05) is 11.9 Å². The smallest absolute Gasteiger partial charge is 0.271 e. The van der Waals surface area contributed by atoms with E-state index in [2.05, 4.69) is 20.8 Å². The van der Waals surface area contributed by atoms with Gasteiger partial charge in [0.25, 0.3) is 5.91 Å². The third-order valence-corrected chi connectivity index (χ3v) is 5.39. The molecule has 0 saturated carbocycles. The van der Waals surface area contributed by atoms with E-state index in [1.165, 1.54) is 23.6 Å². The van der Waals surface area contributed by atoms with Crippen LogP contribution in [-0.4, -0.2) is 28.8 Å². The molecule has 166 valence electrons. The van der Waals surface area contributed by atoms with Crippen molar-refractivity contribution in [3.63, 3.8) is 0 Å². The standard InChI is InChI=1S/C25H22N4O3S/c1-2-32-23-14-17(8-13-22(23)30)15-26-29-24(31)19-11-9-18(10-12-19)21-16-33-25(28-21)27-20-6-4-3-5-7-20/h3-16,30H,2H2,1H3,(H,27,28)(H,29,31)/b26-15-. The lowest BCUT2D eigenvalue weighted by Gasteiger charge is -2.06. The number of hydrogen-bond acceptors (Lipinski definition) is 7. The second kappa shape index (κ2) is 10.4. The number of aromatic hydroxyl groups is 1. The highest BCUT2D eigenvalue weighted by atomic mass is 32.1. The number of anilines is 2. The van der Waals surface area contributed by atoms with Gasteiger partial charge in [-0.2, -0.15) is 5.10 Å². The van der Waals surface area contributed by atoms with Gasteiger partial charge >= 0.3 is 0 Å². The van der Waals surface area contributed by atoms with Crippen molar-refractivity contribution in [2.24, 2.45) is 5.10 Å². The van der Waals surface area contributed by atoms with Crippen LogP contribution in [0, 0.1) is 0 Å². The van der Waals surface area contributed by atoms with E-state index in [1.54, 1.807) is 24.3 Å². The van der Waals surface area contributed by atoms with Gasteiger partial charge in [0.15, 0.2) is 16.6 Å². The summed E-state index contributed by atoms with van der Waals surface area (Å²) in [5.41, 5.74) is 6.41. The van der Waals surface area contributed by atoms with Crippen LogP contribution in [0.1, 0.15) is 22.8 Å². The number of amides is 1. The van der Waals surface area contributed by atoms with Crippen LogP contribution < -0.4 is 15.5 Å². The minimum Gasteiger partial charge on any atom is -0.504 e. The Balaban J connectivity index is 1.37. The van der Waals surface area contributed by atoms with Crippen molar-refractivity contribution >= 4 is 34.3 Å². The Labute approximate surface area is 195 Å². The number of benzene rings is 3. The van der Waals surface area contributed by atoms with E-state index in [1.807, 2.05) is 54.8 Å². The average Bonchev–Trinajstić information content (AvgIpc) is 3.30. The molecule has 0 aliphatic heterocycles. The van der Waals surface area contributed by atoms with E-state index in [0.29, 0.717) is 23.5 Å². The van der Waals surface area contributed by atoms with Gasteiger partial charge in [0.2, 0.25) is 0 Å². The number of ether oxygens (including phenoxy) is 1. The molecular weight excluding hydrogens is 436 g/mol. The van der Waals surface area contributed by atoms with Crippen LogP contribution in [0.5, 0.6) is 11.5 Å². The van der Waals surface area contributed by atoms with Crippen LogP contribution in [0.2, 0.25) is 0 Å². The molecule has 3 aromatic carbocycles. The first kappa shape index (κ1) is 22.0. The summed E-state index contributed by atoms with van der Waals surface area (Å²) in [5, 5.41) is 19.8. The van der Waals surface area contributed by atoms with Gasteiger partial charge in [-0.15, -0.1) is 11.3 Å². The summed E-state index contributed by atoms with van der Waals surface area (Å²) >= 11 is 1.52. The summed E-state index contributed by atoms with van der Waals surface area (Å²) in [6.07, 6.45) is 1.49. The molecule has 0 atom stereocenters. The lowest BCUT2D eigenvalue weighted by molar-refractivity contribution is 0.0955. The number of aromatic nitrogens is 1. The number of thiazole rings is 1. The lowest BCUT2D eigenvalue weighted by atomic mass is 10.1. The zero-order chi connectivity index (χ0) is 23.0. The highest BCUT2D eigenvalue weighted by molar-refractivity contribution is 7.14. The van der Waals surface area contributed by atoms with Crippen LogP contribution in [0.25, 0.3) is 11.3 Å². The molecule has 8 heteroatoms. The van der Waals surface area contributed by atoms with E-state index >= 15 is 0 Å². The maximum atomic E-state index is 12.4. The summed E-state index contributed by atoms with van der Waals surface area (Å²) in [6.45, 7) is 2.27. The van der Waals surface area contributed by atoms with Crippen molar-refractivity contribution in [1.82, 2.24) is 10.4 Å². The number of rotatable bonds is 8. The van der Waals surface area contributed by atoms with Crippen LogP contribution in [-0.2, 0) is 0 Å². The summed E-state index contributed by atoms with van der Waals surface area (Å²) in [4.78, 5) is 17.0. The Bertz CT molecular complexity index is 1250. The molecule has 33 heavy (non-hydrogen) atoms. The molecule has 0 aliphatic carbocycles. The molecule has 0 unspecified atom stereocenters. The maximum absolute atomic E-state index is 12.4. The van der Waals surface area contributed by atoms with Crippen molar-refractivity contribution in [3.05, 3.63) is 89.3 Å². The fraction of sp³-hybridized carbons (Fsp3) is 0.0800. The zero-order valence-electron chi connectivity index (χ0n) is 17.9. The molecule has 3 N–H and O–H groups in total. The second-order valence-electron chi connectivity index (χ2n) is 6.97. The van der Waals surface area contributed by atoms with Gasteiger partial charge in [0.1, 0.15) is 0 Å². The number of phenols is 1. The second-order valence-corrected chi connectivity index (χ2v) is 7.82. The molecule has 1 aromatic heterocycles. The van der Waals surface area contributed by atoms with E-state index < -0.39 is 0 Å². The summed E-state index contributed by atoms with van der Waals surface area (Å²) in [7, 11) is 0. The van der Waals surface area contributed by atoms with Crippen LogP contribution in [0.4, 0.5) is 10.8 Å². The molecule has 1 heterocycles. The number of phenolic OH excluding ortho intramolecular Hbond substituents is 1. The number of carbonyl (C=O) groups excluding carboxylic acids is 1. The molecular formula is C25H22N4O3S. The third kappa shape index (κ3) is 5.75. The van der Waals surface area contributed by atoms with Gasteiger partial charge in [0.05, 0.1) is 18.5 Å². The van der Waals surface area contributed by atoms with Gasteiger partial charge in [-0.05, 0) is 55.0 Å². The largest absolute Gasteiger partial charge is 0.504 e. The Morgan fingerprint density at radius 1 is 1.12 bits per heavy atom. The molecule has 0 radical (unpaired) electrons. The minimum atomic E-state index is -0.327. The Hall–Kier alpha value is -4.17. The van der Waals surface area contributed by atoms with Crippen LogP contribution >= 0.6 is 11.3 Å². The van der Waals surface area contributed by atoms with E-state index in [4.69, 9.17) is 4.74 Å². The monoisotopic (exact) mass is 458 g/mol. The average molecular weight is 459 g/mol. The van der Waals surface area contributed by atoms with Gasteiger partial charge in [-0.3, -0.25) is 4.79 Å². The van der Waals surface area contributed by atoms with E-state index in [0.717, 1.165) is 22.1 Å². The number of hydrogen-bond donors (Lipinski definition) is 3. The van der Waals surface area contributed by atoms with Crippen molar-refractivity contribution in [2.45, 2.75) is 6.92 Å². The third-order valence-electron chi connectivity index (χ3n) is 4.64. The topological polar surface area (TPSA) is 95.8 Å². The highest BCUT2D eigenvalue weighted by Gasteiger charge is 2.08. The maximum Gasteiger partial charge on any atom is 0.271 e. The first-order valence-electron chi connectivity index (χ1n) is 10.3. The Morgan fingerprint density at radius 3 is 2.67 bits per heavy atom. The van der Waals surface area contributed by atoms with Crippen molar-refractivity contribution in [1.29, 1.82) is 0 Å². The predicted molar refractivity (Wildman–Crippen MR) is 132 cm³/mol. The normalized spacial score (nSPS) is 10.8. The number of nitrogens with one attached hydrogen (secondary N) is 2. The van der Waals surface area contributed by atoms with E-state index in [9.17, 15) is 9.90 Å². The lowest BCUT2D eigenvalue weighted by Crippen LogP contribution is -2.17. The van der Waals surface area contributed by atoms with Crippen LogP contribution in [0.3, 0.4) is 0 Å². The van der Waals surface area contributed by atoms with Gasteiger partial charge < -0.3 is 15.2 Å². The van der Waals surface area contributed by atoms with Gasteiger partial charge in [0, 0.05) is 22.2 Å². The quantitative estimate of drug-likeness (QED) is 0.242. The SMILES string of the molecule is CCOc1cc(/C=N\NC(=O)c2ccc(-c3csc(Nc4ccccc4)n3)cc2)ccc1O. The molecule has 0 bridgehead atoms. The van der Waals surface area contributed by atoms with Crippen molar-refractivity contribution in [3.8, 4) is 22.8 Å². The van der Waals surface area contributed by atoms with Crippen molar-refractivity contribution < 1.29 is 14.6 Å².